The van der Waals surface area contributed by atoms with Gasteiger partial charge in [0.05, 0.1) is 17.3 Å². The first-order valence-electron chi connectivity index (χ1n) is 11.4. The van der Waals surface area contributed by atoms with Crippen molar-refractivity contribution in [2.75, 3.05) is 7.11 Å². The van der Waals surface area contributed by atoms with Crippen LogP contribution in [0.1, 0.15) is 72.9 Å². The summed E-state index contributed by atoms with van der Waals surface area (Å²) >= 11 is 0. The zero-order valence-corrected chi connectivity index (χ0v) is 19.7. The lowest BCUT2D eigenvalue weighted by Crippen LogP contribution is -2.09. The maximum Gasteiger partial charge on any atom is 0.336 e. The van der Waals surface area contributed by atoms with E-state index in [1.165, 1.54) is 24.8 Å². The lowest BCUT2D eigenvalue weighted by Gasteiger charge is -2.18. The number of oxime groups is 1. The maximum absolute atomic E-state index is 11.9. The van der Waals surface area contributed by atoms with Gasteiger partial charge in [-0.1, -0.05) is 29.4 Å². The van der Waals surface area contributed by atoms with Crippen LogP contribution in [0.25, 0.3) is 0 Å². The molecule has 7 nitrogen and oxygen atoms in total. The highest BCUT2D eigenvalue weighted by Gasteiger charge is 2.27. The van der Waals surface area contributed by atoms with Crippen LogP contribution in [0.3, 0.4) is 0 Å². The van der Waals surface area contributed by atoms with Crippen molar-refractivity contribution in [1.29, 1.82) is 0 Å². The number of benzene rings is 3. The van der Waals surface area contributed by atoms with Crippen LogP contribution in [-0.2, 0) is 17.9 Å². The lowest BCUT2D eigenvalue weighted by molar-refractivity contribution is 0.0695. The molecular formula is C28H27NO6. The molecule has 3 aromatic rings. The Labute approximate surface area is 203 Å². The number of carbonyl (C=O) groups is 2. The molecule has 1 aliphatic carbocycles. The molecule has 180 valence electrons. The predicted molar refractivity (Wildman–Crippen MR) is 132 cm³/mol. The van der Waals surface area contributed by atoms with Gasteiger partial charge in [0.15, 0.2) is 0 Å². The van der Waals surface area contributed by atoms with Crippen molar-refractivity contribution in [3.8, 4) is 5.75 Å². The first kappa shape index (κ1) is 24.0. The third kappa shape index (κ3) is 5.69. The molecule has 7 heteroatoms. The zero-order valence-electron chi connectivity index (χ0n) is 19.7. The molecular weight excluding hydrogens is 446 g/mol. The summed E-state index contributed by atoms with van der Waals surface area (Å²) in [5, 5.41) is 22.7. The predicted octanol–water partition coefficient (Wildman–Crippen LogP) is 5.42. The fourth-order valence-electron chi connectivity index (χ4n) is 4.22. The lowest BCUT2D eigenvalue weighted by atomic mass is 9.91. The largest absolute Gasteiger partial charge is 0.489 e. The van der Waals surface area contributed by atoms with Gasteiger partial charge in [0.25, 0.3) is 0 Å². The number of rotatable bonds is 10. The molecule has 0 heterocycles. The van der Waals surface area contributed by atoms with Crippen molar-refractivity contribution in [3.05, 3.63) is 99.1 Å². The fourth-order valence-corrected chi connectivity index (χ4v) is 4.22. The van der Waals surface area contributed by atoms with Crippen molar-refractivity contribution in [3.63, 3.8) is 0 Å². The van der Waals surface area contributed by atoms with E-state index in [4.69, 9.17) is 9.57 Å². The standard InChI is InChI=1S/C28H27NO6/c1-17-12-18(15-29-34-2)6-11-26(17)35-16-25-20(4-3-5-23(25)19-7-8-19)13-21-9-10-22(27(30)31)14-24(21)28(32)33/h3-6,9-12,14-15,19H,7-8,13,16H2,1-2H3,(H,30,31)(H,32,33). The minimum absolute atomic E-state index is 0.00208. The number of hydrogen-bond acceptors (Lipinski definition) is 5. The van der Waals surface area contributed by atoms with Gasteiger partial charge in [-0.25, -0.2) is 9.59 Å². The number of aromatic carboxylic acids is 2. The second-order valence-electron chi connectivity index (χ2n) is 8.65. The van der Waals surface area contributed by atoms with E-state index in [0.29, 0.717) is 24.5 Å². The van der Waals surface area contributed by atoms with E-state index >= 15 is 0 Å². The van der Waals surface area contributed by atoms with Crippen LogP contribution in [-0.4, -0.2) is 35.5 Å². The molecule has 0 aromatic heterocycles. The summed E-state index contributed by atoms with van der Waals surface area (Å²) in [6, 6.07) is 16.1. The normalized spacial score (nSPS) is 13.1. The number of carboxylic acids is 2. The summed E-state index contributed by atoms with van der Waals surface area (Å²) in [7, 11) is 1.50. The molecule has 35 heavy (non-hydrogen) atoms. The van der Waals surface area contributed by atoms with E-state index in [1.807, 2.05) is 37.3 Å². The molecule has 0 aliphatic heterocycles. The highest BCUT2D eigenvalue weighted by Crippen LogP contribution is 2.43. The minimum atomic E-state index is -1.15. The van der Waals surface area contributed by atoms with Crippen LogP contribution >= 0.6 is 0 Å². The van der Waals surface area contributed by atoms with Crippen LogP contribution in [0.2, 0.25) is 0 Å². The number of hydrogen-bond donors (Lipinski definition) is 2. The monoisotopic (exact) mass is 473 g/mol. The highest BCUT2D eigenvalue weighted by atomic mass is 16.6. The van der Waals surface area contributed by atoms with Crippen molar-refractivity contribution in [2.45, 2.75) is 38.7 Å². The van der Waals surface area contributed by atoms with E-state index in [1.54, 1.807) is 12.3 Å². The first-order chi connectivity index (χ1) is 16.9. The molecule has 0 spiro atoms. The number of ether oxygens (including phenoxy) is 1. The Kier molecular flexibility index (Phi) is 7.15. The summed E-state index contributed by atoms with van der Waals surface area (Å²) in [4.78, 5) is 27.9. The molecule has 4 rings (SSSR count). The van der Waals surface area contributed by atoms with Gasteiger partial charge in [-0.15, -0.1) is 0 Å². The molecule has 0 radical (unpaired) electrons. The molecule has 1 aliphatic rings. The van der Waals surface area contributed by atoms with Crippen LogP contribution < -0.4 is 4.74 Å². The van der Waals surface area contributed by atoms with Gasteiger partial charge in [-0.05, 0) is 95.8 Å². The summed E-state index contributed by atoms with van der Waals surface area (Å²) in [6.45, 7) is 2.32. The molecule has 3 aromatic carbocycles. The molecule has 0 unspecified atom stereocenters. The molecule has 1 saturated carbocycles. The Bertz CT molecular complexity index is 1290. The molecule has 0 amide bonds. The Balaban J connectivity index is 1.64. The Morgan fingerprint density at radius 2 is 1.83 bits per heavy atom. The second kappa shape index (κ2) is 10.4. The van der Waals surface area contributed by atoms with Gasteiger partial charge in [-0.2, -0.15) is 0 Å². The van der Waals surface area contributed by atoms with E-state index < -0.39 is 11.9 Å². The van der Waals surface area contributed by atoms with Crippen molar-refractivity contribution < 1.29 is 29.4 Å². The topological polar surface area (TPSA) is 105 Å². The molecule has 0 atom stereocenters. The van der Waals surface area contributed by atoms with E-state index in [0.717, 1.165) is 40.8 Å². The van der Waals surface area contributed by atoms with Crippen molar-refractivity contribution in [2.24, 2.45) is 5.16 Å². The molecule has 1 fully saturated rings. The van der Waals surface area contributed by atoms with E-state index in [2.05, 4.69) is 11.2 Å². The number of carboxylic acid groups (broad SMARTS) is 2. The van der Waals surface area contributed by atoms with Crippen molar-refractivity contribution >= 4 is 18.2 Å². The van der Waals surface area contributed by atoms with Gasteiger partial charge in [0, 0.05) is 0 Å². The third-order valence-corrected chi connectivity index (χ3v) is 6.17. The average Bonchev–Trinajstić information content (AvgIpc) is 3.68. The molecule has 0 saturated heterocycles. The van der Waals surface area contributed by atoms with Gasteiger partial charge in [-0.3, -0.25) is 0 Å². The number of aryl methyl sites for hydroxylation is 1. The summed E-state index contributed by atoms with van der Waals surface area (Å²) < 4.78 is 6.24. The van der Waals surface area contributed by atoms with Crippen molar-refractivity contribution in [1.82, 2.24) is 0 Å². The minimum Gasteiger partial charge on any atom is -0.489 e. The van der Waals surface area contributed by atoms with Gasteiger partial charge in [0.2, 0.25) is 0 Å². The smallest absolute Gasteiger partial charge is 0.336 e. The highest BCUT2D eigenvalue weighted by molar-refractivity contribution is 5.95. The third-order valence-electron chi connectivity index (χ3n) is 6.17. The van der Waals surface area contributed by atoms with Crippen LogP contribution in [0, 0.1) is 6.92 Å². The Morgan fingerprint density at radius 3 is 2.49 bits per heavy atom. The van der Waals surface area contributed by atoms with Crippen LogP contribution in [0.4, 0.5) is 0 Å². The average molecular weight is 474 g/mol. The zero-order chi connectivity index (χ0) is 24.9. The Morgan fingerprint density at radius 1 is 1.03 bits per heavy atom. The van der Waals surface area contributed by atoms with Gasteiger partial charge >= 0.3 is 11.9 Å². The second-order valence-corrected chi connectivity index (χ2v) is 8.65. The van der Waals surface area contributed by atoms with E-state index in [-0.39, 0.29) is 11.1 Å². The van der Waals surface area contributed by atoms with Gasteiger partial charge in [0.1, 0.15) is 19.5 Å². The quantitative estimate of drug-likeness (QED) is 0.301. The number of nitrogens with zero attached hydrogens (tertiary/aromatic N) is 1. The maximum atomic E-state index is 11.9. The van der Waals surface area contributed by atoms with E-state index in [9.17, 15) is 19.8 Å². The first-order valence-corrected chi connectivity index (χ1v) is 11.4. The SMILES string of the molecule is CON=Cc1ccc(OCc2c(Cc3ccc(C(=O)O)cc3C(=O)O)cccc2C2CC2)c(C)c1. The summed E-state index contributed by atoms with van der Waals surface area (Å²) in [5.74, 6) is -1.06. The summed E-state index contributed by atoms with van der Waals surface area (Å²) in [6.07, 6.45) is 4.24. The fraction of sp³-hybridized carbons (Fsp3) is 0.250. The Hall–Kier alpha value is -4.13. The molecule has 2 N–H and O–H groups in total. The van der Waals surface area contributed by atoms with Crippen LogP contribution in [0.15, 0.2) is 59.8 Å². The van der Waals surface area contributed by atoms with Gasteiger partial charge < -0.3 is 19.8 Å². The molecule has 0 bridgehead atoms. The summed E-state index contributed by atoms with van der Waals surface area (Å²) in [5.41, 5.74) is 5.64. The van der Waals surface area contributed by atoms with Crippen LogP contribution in [0.5, 0.6) is 5.75 Å².